The number of phosphoric ester groups is 1. The van der Waals surface area contributed by atoms with Gasteiger partial charge >= 0.3 is 7.82 Å². The first kappa shape index (κ1) is 18.7. The molecule has 1 heterocycles. The highest BCUT2D eigenvalue weighted by Gasteiger charge is 2.35. The Labute approximate surface area is 189 Å². The summed E-state index contributed by atoms with van der Waals surface area (Å²) in [7, 11) is -4.46. The fraction of sp³-hybridized carbons (Fsp3) is 0. The van der Waals surface area contributed by atoms with Crippen molar-refractivity contribution < 1.29 is 18.5 Å². The third-order valence-electron chi connectivity index (χ3n) is 6.43. The van der Waals surface area contributed by atoms with Crippen molar-refractivity contribution in [2.24, 2.45) is 0 Å². The summed E-state index contributed by atoms with van der Waals surface area (Å²) in [4.78, 5) is 10.8. The van der Waals surface area contributed by atoms with E-state index in [9.17, 15) is 9.46 Å². The van der Waals surface area contributed by atoms with Crippen LogP contribution in [0.15, 0.2) is 97.1 Å². The zero-order valence-corrected chi connectivity index (χ0v) is 18.3. The van der Waals surface area contributed by atoms with Gasteiger partial charge < -0.3 is 9.05 Å². The fourth-order valence-electron chi connectivity index (χ4n) is 4.99. The second-order valence-corrected chi connectivity index (χ2v) is 9.61. The Morgan fingerprint density at radius 3 is 1.39 bits per heavy atom. The van der Waals surface area contributed by atoms with Crippen LogP contribution in [0.25, 0.3) is 54.2 Å². The summed E-state index contributed by atoms with van der Waals surface area (Å²) in [6.45, 7) is 0. The van der Waals surface area contributed by atoms with Crippen LogP contribution in [-0.4, -0.2) is 4.89 Å². The number of hydrogen-bond donors (Lipinski definition) is 1. The van der Waals surface area contributed by atoms with Gasteiger partial charge in [-0.1, -0.05) is 84.9 Å². The molecule has 0 aromatic heterocycles. The maximum atomic E-state index is 13.3. The standard InChI is InChI=1S/C28H17O4P/c29-33(30)31-27-23(15-13-19-11-9-17-5-1-3-7-21(17)25(19)27)24-16-14-20-12-10-18-6-2-4-8-22(18)26(20)28(24)32-33/h1-16H,(H,29,30). The Balaban J connectivity index is 1.68. The van der Waals surface area contributed by atoms with E-state index in [0.29, 0.717) is 11.5 Å². The lowest BCUT2D eigenvalue weighted by Gasteiger charge is -2.15. The fourth-order valence-corrected chi connectivity index (χ4v) is 5.87. The SMILES string of the molecule is O=P1(O)Oc2c(ccc3ccc4ccccc4c23)-c2ccc3ccc4ccccc4c3c2O1. The van der Waals surface area contributed by atoms with E-state index in [0.717, 1.165) is 54.2 Å². The minimum absolute atomic E-state index is 0.369. The van der Waals surface area contributed by atoms with Crippen LogP contribution in [0.2, 0.25) is 0 Å². The molecule has 6 aromatic rings. The third kappa shape index (κ3) is 2.72. The van der Waals surface area contributed by atoms with E-state index in [2.05, 4.69) is 0 Å². The highest BCUT2D eigenvalue weighted by atomic mass is 31.2. The predicted octanol–water partition coefficient (Wildman–Crippen LogP) is 7.84. The van der Waals surface area contributed by atoms with Crippen molar-refractivity contribution in [2.75, 3.05) is 0 Å². The average Bonchev–Trinajstić information content (AvgIpc) is 2.95. The molecule has 4 nitrogen and oxygen atoms in total. The zero-order chi connectivity index (χ0) is 22.2. The second-order valence-electron chi connectivity index (χ2n) is 8.31. The van der Waals surface area contributed by atoms with Crippen LogP contribution in [0.1, 0.15) is 0 Å². The summed E-state index contributed by atoms with van der Waals surface area (Å²) in [6, 6.07) is 31.9. The molecule has 0 unspecified atom stereocenters. The largest absolute Gasteiger partial charge is 0.584 e. The molecule has 6 aromatic carbocycles. The summed E-state index contributed by atoms with van der Waals surface area (Å²) in [5.74, 6) is 0.738. The minimum atomic E-state index is -4.46. The monoisotopic (exact) mass is 448 g/mol. The van der Waals surface area contributed by atoms with Gasteiger partial charge in [-0.3, -0.25) is 4.89 Å². The van der Waals surface area contributed by atoms with Crippen molar-refractivity contribution in [1.29, 1.82) is 0 Å². The van der Waals surface area contributed by atoms with Gasteiger partial charge in [0.25, 0.3) is 0 Å². The van der Waals surface area contributed by atoms with E-state index in [1.165, 1.54) is 0 Å². The van der Waals surface area contributed by atoms with Crippen LogP contribution in [-0.2, 0) is 4.57 Å². The highest BCUT2D eigenvalue weighted by molar-refractivity contribution is 7.48. The van der Waals surface area contributed by atoms with Gasteiger partial charge in [-0.25, -0.2) is 4.57 Å². The molecule has 1 aliphatic rings. The Morgan fingerprint density at radius 2 is 0.909 bits per heavy atom. The summed E-state index contributed by atoms with van der Waals surface area (Å²) >= 11 is 0. The molecule has 0 saturated heterocycles. The topological polar surface area (TPSA) is 55.8 Å². The molecule has 0 aliphatic carbocycles. The van der Waals surface area contributed by atoms with E-state index in [1.807, 2.05) is 97.1 Å². The lowest BCUT2D eigenvalue weighted by atomic mass is 9.92. The Bertz CT molecular complexity index is 1690. The summed E-state index contributed by atoms with van der Waals surface area (Å²) in [5.41, 5.74) is 1.46. The van der Waals surface area contributed by atoms with Crippen molar-refractivity contribution in [3.63, 3.8) is 0 Å². The quantitative estimate of drug-likeness (QED) is 0.190. The lowest BCUT2D eigenvalue weighted by Crippen LogP contribution is -1.99. The molecule has 0 spiro atoms. The molecule has 0 saturated carbocycles. The number of hydrogen-bond acceptors (Lipinski definition) is 3. The molecule has 0 radical (unpaired) electrons. The van der Waals surface area contributed by atoms with Crippen LogP contribution in [0.4, 0.5) is 0 Å². The highest BCUT2D eigenvalue weighted by Crippen LogP contribution is 2.58. The smallest absolute Gasteiger partial charge is 0.394 e. The van der Waals surface area contributed by atoms with Crippen LogP contribution >= 0.6 is 7.82 Å². The van der Waals surface area contributed by atoms with Gasteiger partial charge in [0.15, 0.2) is 0 Å². The first-order valence-electron chi connectivity index (χ1n) is 10.7. The number of fused-ring (bicyclic) bond motifs is 11. The summed E-state index contributed by atoms with van der Waals surface area (Å²) < 4.78 is 24.8. The van der Waals surface area contributed by atoms with Crippen LogP contribution in [0, 0.1) is 0 Å². The predicted molar refractivity (Wildman–Crippen MR) is 133 cm³/mol. The van der Waals surface area contributed by atoms with Gasteiger partial charge in [0.05, 0.1) is 0 Å². The van der Waals surface area contributed by atoms with E-state index < -0.39 is 7.82 Å². The van der Waals surface area contributed by atoms with E-state index >= 15 is 0 Å². The number of phosphoric acid groups is 1. The van der Waals surface area contributed by atoms with Gasteiger partial charge in [-0.05, 0) is 44.5 Å². The molecule has 0 atom stereocenters. The molecule has 0 amide bonds. The average molecular weight is 448 g/mol. The molecule has 7 rings (SSSR count). The maximum absolute atomic E-state index is 13.3. The first-order valence-corrected chi connectivity index (χ1v) is 12.2. The molecular weight excluding hydrogens is 431 g/mol. The second kappa shape index (κ2) is 6.58. The van der Waals surface area contributed by atoms with Crippen molar-refractivity contribution in [2.45, 2.75) is 0 Å². The van der Waals surface area contributed by atoms with Crippen LogP contribution < -0.4 is 9.05 Å². The molecule has 1 N–H and O–H groups in total. The Morgan fingerprint density at radius 1 is 0.515 bits per heavy atom. The molecule has 33 heavy (non-hydrogen) atoms. The lowest BCUT2D eigenvalue weighted by molar-refractivity contribution is 0.297. The van der Waals surface area contributed by atoms with E-state index in [1.54, 1.807) is 0 Å². The van der Waals surface area contributed by atoms with Gasteiger partial charge in [0.2, 0.25) is 0 Å². The van der Waals surface area contributed by atoms with Crippen LogP contribution in [0.5, 0.6) is 11.5 Å². The first-order chi connectivity index (χ1) is 16.1. The van der Waals surface area contributed by atoms with Crippen molar-refractivity contribution in [1.82, 2.24) is 0 Å². The summed E-state index contributed by atoms with van der Waals surface area (Å²) in [5, 5.41) is 7.45. The van der Waals surface area contributed by atoms with E-state index in [4.69, 9.17) is 9.05 Å². The molecule has 158 valence electrons. The normalized spacial score (nSPS) is 14.5. The van der Waals surface area contributed by atoms with E-state index in [-0.39, 0.29) is 0 Å². The molecule has 0 bridgehead atoms. The van der Waals surface area contributed by atoms with Gasteiger partial charge in [0, 0.05) is 21.9 Å². The minimum Gasteiger partial charge on any atom is -0.394 e. The Kier molecular flexibility index (Phi) is 3.73. The third-order valence-corrected chi connectivity index (χ3v) is 7.26. The number of benzene rings is 6. The van der Waals surface area contributed by atoms with Crippen molar-refractivity contribution in [3.05, 3.63) is 97.1 Å². The van der Waals surface area contributed by atoms with Crippen molar-refractivity contribution in [3.8, 4) is 22.6 Å². The van der Waals surface area contributed by atoms with Crippen LogP contribution in [0.3, 0.4) is 0 Å². The zero-order valence-electron chi connectivity index (χ0n) is 17.4. The Hall–Kier alpha value is -3.85. The molecule has 1 aliphatic heterocycles. The molecular formula is C28H17O4P. The summed E-state index contributed by atoms with van der Waals surface area (Å²) in [6.07, 6.45) is 0. The van der Waals surface area contributed by atoms with Crippen molar-refractivity contribution >= 4 is 50.9 Å². The maximum Gasteiger partial charge on any atom is 0.584 e. The molecule has 0 fully saturated rings. The molecule has 5 heteroatoms. The van der Waals surface area contributed by atoms with Gasteiger partial charge in [-0.15, -0.1) is 0 Å². The number of rotatable bonds is 0. The van der Waals surface area contributed by atoms with Gasteiger partial charge in [0.1, 0.15) is 11.5 Å². The van der Waals surface area contributed by atoms with Gasteiger partial charge in [-0.2, -0.15) is 0 Å².